The molecule has 10 nitrogen and oxygen atoms in total. The average molecular weight is 665 g/mol. The molecule has 0 unspecified atom stereocenters. The molecule has 0 radical (unpaired) electrons. The molecule has 3 aromatic carbocycles. The van der Waals surface area contributed by atoms with Crippen molar-refractivity contribution >= 4 is 45.0 Å². The molecule has 43 heavy (non-hydrogen) atoms. The molecule has 0 saturated carbocycles. The van der Waals surface area contributed by atoms with E-state index < -0.39 is 16.9 Å². The number of carbonyl (C=O) groups is 1. The molecular formula is C31H26BrN3O7S. The molecular weight excluding hydrogens is 638 g/mol. The Morgan fingerprint density at radius 1 is 1.14 bits per heavy atom. The Kier molecular flexibility index (Phi) is 8.88. The van der Waals surface area contributed by atoms with Gasteiger partial charge in [0.1, 0.15) is 18.1 Å². The number of nitrogens with zero attached hydrogens (tertiary/aromatic N) is 3. The molecule has 0 saturated heterocycles. The lowest BCUT2D eigenvalue weighted by Crippen LogP contribution is -2.39. The quantitative estimate of drug-likeness (QED) is 0.139. The Hall–Kier alpha value is -4.55. The maximum Gasteiger partial charge on any atom is 0.338 e. The van der Waals surface area contributed by atoms with Crippen LogP contribution in [0.5, 0.6) is 11.5 Å². The first-order valence-corrected chi connectivity index (χ1v) is 14.8. The van der Waals surface area contributed by atoms with E-state index >= 15 is 0 Å². The lowest BCUT2D eigenvalue weighted by atomic mass is 9.96. The number of nitro benzene ring substituents is 1. The third-order valence-electron chi connectivity index (χ3n) is 6.74. The van der Waals surface area contributed by atoms with Gasteiger partial charge in [-0.1, -0.05) is 29.5 Å². The van der Waals surface area contributed by atoms with E-state index in [2.05, 4.69) is 20.9 Å². The van der Waals surface area contributed by atoms with E-state index in [0.29, 0.717) is 42.1 Å². The maximum absolute atomic E-state index is 13.8. The van der Waals surface area contributed by atoms with Crippen LogP contribution in [-0.4, -0.2) is 29.2 Å². The number of hydrogen-bond donors (Lipinski definition) is 0. The largest absolute Gasteiger partial charge is 0.496 e. The lowest BCUT2D eigenvalue weighted by Gasteiger charge is -2.25. The van der Waals surface area contributed by atoms with E-state index in [1.165, 1.54) is 28.0 Å². The van der Waals surface area contributed by atoms with Crippen molar-refractivity contribution < 1.29 is 23.9 Å². The van der Waals surface area contributed by atoms with E-state index in [-0.39, 0.29) is 24.5 Å². The summed E-state index contributed by atoms with van der Waals surface area (Å²) >= 11 is 4.76. The van der Waals surface area contributed by atoms with Gasteiger partial charge in [-0.05, 0) is 88.9 Å². The summed E-state index contributed by atoms with van der Waals surface area (Å²) in [5.74, 6) is 0.700. The normalized spacial score (nSPS) is 14.6. The molecule has 1 aliphatic rings. The van der Waals surface area contributed by atoms with E-state index in [1.54, 1.807) is 57.4 Å². The van der Waals surface area contributed by atoms with Gasteiger partial charge in [-0.3, -0.25) is 19.5 Å². The summed E-state index contributed by atoms with van der Waals surface area (Å²) in [6, 6.07) is 18.1. The highest BCUT2D eigenvalue weighted by molar-refractivity contribution is 9.10. The number of carbonyl (C=O) groups excluding carboxylic acids is 1. The Labute approximate surface area is 258 Å². The number of thiazole rings is 1. The van der Waals surface area contributed by atoms with Crippen LogP contribution >= 0.6 is 27.3 Å². The number of methoxy groups -OCH3 is 1. The van der Waals surface area contributed by atoms with Crippen LogP contribution in [0.3, 0.4) is 0 Å². The molecule has 2 heterocycles. The van der Waals surface area contributed by atoms with Crippen LogP contribution in [0, 0.1) is 10.1 Å². The van der Waals surface area contributed by atoms with Crippen molar-refractivity contribution in [3.05, 3.63) is 129 Å². The number of esters is 1. The molecule has 5 rings (SSSR count). The van der Waals surface area contributed by atoms with Crippen LogP contribution in [-0.2, 0) is 16.1 Å². The van der Waals surface area contributed by atoms with E-state index in [4.69, 9.17) is 14.2 Å². The number of fused-ring (bicyclic) bond motifs is 1. The second-order valence-corrected chi connectivity index (χ2v) is 11.3. The fourth-order valence-electron chi connectivity index (χ4n) is 4.65. The third-order valence-corrected chi connectivity index (χ3v) is 8.34. The van der Waals surface area contributed by atoms with Gasteiger partial charge in [0.25, 0.3) is 11.2 Å². The van der Waals surface area contributed by atoms with Crippen LogP contribution in [0.25, 0.3) is 6.08 Å². The molecule has 4 aromatic rings. The fraction of sp³-hybridized carbons (Fsp3) is 0.194. The molecule has 1 aliphatic heterocycles. The summed E-state index contributed by atoms with van der Waals surface area (Å²) < 4.78 is 19.2. The Morgan fingerprint density at radius 2 is 1.86 bits per heavy atom. The molecule has 1 aromatic heterocycles. The number of aromatic nitrogens is 1. The second-order valence-electron chi connectivity index (χ2n) is 9.48. The molecule has 0 bridgehead atoms. The van der Waals surface area contributed by atoms with Crippen molar-refractivity contribution in [2.24, 2.45) is 4.99 Å². The fourth-order valence-corrected chi connectivity index (χ4v) is 6.26. The smallest absolute Gasteiger partial charge is 0.338 e. The predicted octanol–water partition coefficient (Wildman–Crippen LogP) is 5.06. The molecule has 220 valence electrons. The summed E-state index contributed by atoms with van der Waals surface area (Å²) in [4.78, 5) is 42.4. The van der Waals surface area contributed by atoms with Crippen LogP contribution in [0.1, 0.15) is 36.6 Å². The minimum Gasteiger partial charge on any atom is -0.496 e. The van der Waals surface area contributed by atoms with Crippen molar-refractivity contribution in [1.29, 1.82) is 0 Å². The molecule has 1 atom stereocenters. The van der Waals surface area contributed by atoms with Gasteiger partial charge in [0.2, 0.25) is 0 Å². The molecule has 0 spiro atoms. The first-order valence-electron chi connectivity index (χ1n) is 13.2. The van der Waals surface area contributed by atoms with Crippen molar-refractivity contribution in [3.8, 4) is 11.5 Å². The number of nitro groups is 1. The van der Waals surface area contributed by atoms with E-state index in [0.717, 1.165) is 11.1 Å². The van der Waals surface area contributed by atoms with Gasteiger partial charge in [0.05, 0.1) is 45.0 Å². The number of ether oxygens (including phenoxy) is 3. The summed E-state index contributed by atoms with van der Waals surface area (Å²) in [7, 11) is 1.56. The first-order chi connectivity index (χ1) is 20.7. The topological polar surface area (TPSA) is 122 Å². The van der Waals surface area contributed by atoms with Crippen LogP contribution < -0.4 is 24.4 Å². The summed E-state index contributed by atoms with van der Waals surface area (Å²) in [5, 5.41) is 10.8. The summed E-state index contributed by atoms with van der Waals surface area (Å²) in [6.07, 6.45) is 1.77. The number of halogens is 1. The molecule has 0 N–H and O–H groups in total. The van der Waals surface area contributed by atoms with Crippen molar-refractivity contribution in [2.45, 2.75) is 26.5 Å². The van der Waals surface area contributed by atoms with Gasteiger partial charge >= 0.3 is 5.97 Å². The monoisotopic (exact) mass is 663 g/mol. The average Bonchev–Trinajstić information content (AvgIpc) is 3.30. The maximum atomic E-state index is 13.8. The Balaban J connectivity index is 1.47. The van der Waals surface area contributed by atoms with Crippen molar-refractivity contribution in [1.82, 2.24) is 4.57 Å². The zero-order chi connectivity index (χ0) is 30.7. The van der Waals surface area contributed by atoms with Gasteiger partial charge in [0.15, 0.2) is 4.80 Å². The number of rotatable bonds is 9. The van der Waals surface area contributed by atoms with E-state index in [9.17, 15) is 19.7 Å². The third kappa shape index (κ3) is 6.30. The highest BCUT2D eigenvalue weighted by Gasteiger charge is 2.33. The van der Waals surface area contributed by atoms with Gasteiger partial charge < -0.3 is 14.2 Å². The standard InChI is InChI=1S/C31H26BrN3O7S/c1-4-41-30(37)27-18(2)33-31-34(28(27)21-9-14-25(40-3)24(32)16-21)29(36)26(43-31)15-19-7-12-23(13-8-19)42-17-20-5-10-22(11-6-20)35(38)39/h5-16,28H,4,17H2,1-3H3/b26-15+/t28-/m0/s1. The number of benzene rings is 3. The van der Waals surface area contributed by atoms with Crippen LogP contribution in [0.2, 0.25) is 0 Å². The molecule has 12 heteroatoms. The van der Waals surface area contributed by atoms with Gasteiger partial charge in [-0.15, -0.1) is 0 Å². The number of non-ortho nitro benzene ring substituents is 1. The predicted molar refractivity (Wildman–Crippen MR) is 165 cm³/mol. The van der Waals surface area contributed by atoms with E-state index in [1.807, 2.05) is 24.3 Å². The Bertz CT molecular complexity index is 1910. The Morgan fingerprint density at radius 3 is 2.49 bits per heavy atom. The SMILES string of the molecule is CCOC(=O)C1=C(C)N=c2s/c(=C/c3ccc(OCc4ccc([N+](=O)[O-])cc4)cc3)c(=O)n2[C@H]1c1ccc(OC)c(Br)c1. The molecule has 0 fully saturated rings. The number of allylic oxidation sites excluding steroid dienone is 1. The second kappa shape index (κ2) is 12.8. The van der Waals surface area contributed by atoms with Gasteiger partial charge in [-0.2, -0.15) is 0 Å². The first kappa shape index (κ1) is 29.9. The highest BCUT2D eigenvalue weighted by atomic mass is 79.9. The van der Waals surface area contributed by atoms with Gasteiger partial charge in [0, 0.05) is 12.1 Å². The molecule has 0 aliphatic carbocycles. The highest BCUT2D eigenvalue weighted by Crippen LogP contribution is 2.35. The van der Waals surface area contributed by atoms with Crippen LogP contribution in [0.15, 0.2) is 92.3 Å². The summed E-state index contributed by atoms with van der Waals surface area (Å²) in [6.45, 7) is 3.91. The van der Waals surface area contributed by atoms with Crippen LogP contribution in [0.4, 0.5) is 5.69 Å². The van der Waals surface area contributed by atoms with Gasteiger partial charge in [-0.25, -0.2) is 9.79 Å². The number of hydrogen-bond acceptors (Lipinski definition) is 9. The van der Waals surface area contributed by atoms with Crippen molar-refractivity contribution in [2.75, 3.05) is 13.7 Å². The zero-order valence-electron chi connectivity index (χ0n) is 23.4. The minimum absolute atomic E-state index is 0.0221. The summed E-state index contributed by atoms with van der Waals surface area (Å²) in [5.41, 5.74) is 2.80. The van der Waals surface area contributed by atoms with Crippen molar-refractivity contribution in [3.63, 3.8) is 0 Å². The minimum atomic E-state index is -0.741. The zero-order valence-corrected chi connectivity index (χ0v) is 25.8. The lowest BCUT2D eigenvalue weighted by molar-refractivity contribution is -0.384. The molecule has 0 amide bonds.